The van der Waals surface area contributed by atoms with Crippen molar-refractivity contribution in [2.45, 2.75) is 24.3 Å². The van der Waals surface area contributed by atoms with Crippen LogP contribution in [0.15, 0.2) is 97.1 Å². The Morgan fingerprint density at radius 2 is 1.56 bits per heavy atom. The lowest BCUT2D eigenvalue weighted by molar-refractivity contribution is -0.274. The molecule has 5 rings (SSSR count). The standard InChI is InChI=1S/C33H31F3N2O3/c1-38(2)19-18-32(39,28-15-9-13-22-10-7-8-14-26(22)28)30(23-11-5-4-6-12-23)27-21-24-20-25(41-33(34,35)36)16-17-29(24)37-31(27)40-3/h4-17,20-21,30,39H,18-19H2,1-3H3. The predicted molar refractivity (Wildman–Crippen MR) is 154 cm³/mol. The van der Waals surface area contributed by atoms with Crippen molar-refractivity contribution < 1.29 is 27.8 Å². The van der Waals surface area contributed by atoms with Crippen LogP contribution in [0, 0.1) is 0 Å². The molecular weight excluding hydrogens is 529 g/mol. The zero-order chi connectivity index (χ0) is 29.2. The number of rotatable bonds is 9. The fourth-order valence-electron chi connectivity index (χ4n) is 5.51. The first-order valence-corrected chi connectivity index (χ1v) is 13.2. The number of fused-ring (bicyclic) bond motifs is 2. The first-order valence-electron chi connectivity index (χ1n) is 13.2. The van der Waals surface area contributed by atoms with E-state index in [0.29, 0.717) is 29.4 Å². The van der Waals surface area contributed by atoms with E-state index in [9.17, 15) is 18.3 Å². The Bertz CT molecular complexity index is 1650. The molecule has 0 radical (unpaired) electrons. The summed E-state index contributed by atoms with van der Waals surface area (Å²) < 4.78 is 49.0. The highest BCUT2D eigenvalue weighted by Crippen LogP contribution is 2.49. The van der Waals surface area contributed by atoms with Gasteiger partial charge in [-0.3, -0.25) is 0 Å². The van der Waals surface area contributed by atoms with E-state index in [2.05, 4.69) is 9.72 Å². The Balaban J connectivity index is 1.80. The molecule has 0 aliphatic heterocycles. The molecule has 0 saturated heterocycles. The van der Waals surface area contributed by atoms with Crippen molar-refractivity contribution in [2.75, 3.05) is 27.7 Å². The summed E-state index contributed by atoms with van der Waals surface area (Å²) in [6, 6.07) is 29.0. The molecule has 5 aromatic rings. The molecule has 0 fully saturated rings. The van der Waals surface area contributed by atoms with Gasteiger partial charge in [-0.25, -0.2) is 4.98 Å². The fourth-order valence-corrected chi connectivity index (χ4v) is 5.51. The highest BCUT2D eigenvalue weighted by atomic mass is 19.4. The summed E-state index contributed by atoms with van der Waals surface area (Å²) in [5, 5.41) is 15.3. The Kier molecular flexibility index (Phi) is 7.89. The van der Waals surface area contributed by atoms with E-state index < -0.39 is 17.9 Å². The average Bonchev–Trinajstić information content (AvgIpc) is 2.95. The second-order valence-corrected chi connectivity index (χ2v) is 10.3. The van der Waals surface area contributed by atoms with Gasteiger partial charge in [-0.15, -0.1) is 13.2 Å². The van der Waals surface area contributed by atoms with Crippen molar-refractivity contribution in [1.82, 2.24) is 9.88 Å². The van der Waals surface area contributed by atoms with Crippen LogP contribution in [-0.2, 0) is 5.60 Å². The summed E-state index contributed by atoms with van der Waals surface area (Å²) in [6.07, 6.45) is -4.48. The predicted octanol–water partition coefficient (Wildman–Crippen LogP) is 7.27. The third kappa shape index (κ3) is 5.99. The van der Waals surface area contributed by atoms with Gasteiger partial charge in [0.1, 0.15) is 11.4 Å². The van der Waals surface area contributed by atoms with Crippen LogP contribution in [0.4, 0.5) is 13.2 Å². The summed E-state index contributed by atoms with van der Waals surface area (Å²) >= 11 is 0. The van der Waals surface area contributed by atoms with Gasteiger partial charge in [-0.2, -0.15) is 0 Å². The molecule has 212 valence electrons. The summed E-state index contributed by atoms with van der Waals surface area (Å²) in [4.78, 5) is 6.67. The number of pyridine rings is 1. The van der Waals surface area contributed by atoms with Gasteiger partial charge in [0.2, 0.25) is 5.88 Å². The molecule has 5 nitrogen and oxygen atoms in total. The van der Waals surface area contributed by atoms with Crippen LogP contribution in [0.25, 0.3) is 21.7 Å². The van der Waals surface area contributed by atoms with Gasteiger partial charge in [0.25, 0.3) is 0 Å². The van der Waals surface area contributed by atoms with Gasteiger partial charge in [0.15, 0.2) is 0 Å². The largest absolute Gasteiger partial charge is 0.573 e. The molecule has 2 unspecified atom stereocenters. The maximum atomic E-state index is 13.0. The minimum absolute atomic E-state index is 0.277. The third-order valence-corrected chi connectivity index (χ3v) is 7.32. The molecule has 0 saturated carbocycles. The number of hydrogen-bond donors (Lipinski definition) is 1. The van der Waals surface area contributed by atoms with Crippen LogP contribution >= 0.6 is 0 Å². The molecule has 2 atom stereocenters. The fraction of sp³-hybridized carbons (Fsp3) is 0.242. The number of alkyl halides is 3. The zero-order valence-corrected chi connectivity index (χ0v) is 23.0. The van der Waals surface area contributed by atoms with E-state index in [1.54, 1.807) is 6.07 Å². The first kappa shape index (κ1) is 28.4. The molecular formula is C33H31F3N2O3. The van der Waals surface area contributed by atoms with Crippen LogP contribution in [-0.4, -0.2) is 49.1 Å². The maximum Gasteiger partial charge on any atom is 0.573 e. The minimum Gasteiger partial charge on any atom is -0.481 e. The van der Waals surface area contributed by atoms with E-state index >= 15 is 0 Å². The lowest BCUT2D eigenvalue weighted by Gasteiger charge is -2.39. The number of halogens is 3. The molecule has 0 spiro atoms. The van der Waals surface area contributed by atoms with Crippen molar-refractivity contribution in [3.63, 3.8) is 0 Å². The lowest BCUT2D eigenvalue weighted by Crippen LogP contribution is -2.38. The smallest absolute Gasteiger partial charge is 0.481 e. The van der Waals surface area contributed by atoms with E-state index in [0.717, 1.165) is 21.9 Å². The number of benzene rings is 4. The van der Waals surface area contributed by atoms with Gasteiger partial charge >= 0.3 is 6.36 Å². The Hall–Kier alpha value is -4.14. The average molecular weight is 561 g/mol. The van der Waals surface area contributed by atoms with Crippen LogP contribution in [0.5, 0.6) is 11.6 Å². The number of hydrogen-bond acceptors (Lipinski definition) is 5. The van der Waals surface area contributed by atoms with E-state index in [-0.39, 0.29) is 11.6 Å². The normalized spacial score (nSPS) is 14.2. The van der Waals surface area contributed by atoms with E-state index in [1.165, 1.54) is 25.3 Å². The number of methoxy groups -OCH3 is 1. The van der Waals surface area contributed by atoms with Crippen LogP contribution < -0.4 is 9.47 Å². The second kappa shape index (κ2) is 11.4. The molecule has 1 heterocycles. The summed E-state index contributed by atoms with van der Waals surface area (Å²) in [7, 11) is 5.39. The first-order chi connectivity index (χ1) is 19.6. The molecule has 0 bridgehead atoms. The van der Waals surface area contributed by atoms with Gasteiger partial charge in [-0.1, -0.05) is 72.8 Å². The van der Waals surface area contributed by atoms with Crippen LogP contribution in [0.1, 0.15) is 29.0 Å². The van der Waals surface area contributed by atoms with Crippen molar-refractivity contribution >= 4 is 21.7 Å². The molecule has 1 aromatic heterocycles. The minimum atomic E-state index is -4.83. The molecule has 8 heteroatoms. The van der Waals surface area contributed by atoms with Crippen LogP contribution in [0.2, 0.25) is 0 Å². The number of aromatic nitrogens is 1. The number of nitrogens with zero attached hydrogens (tertiary/aromatic N) is 2. The van der Waals surface area contributed by atoms with Crippen molar-refractivity contribution in [1.29, 1.82) is 0 Å². The van der Waals surface area contributed by atoms with Crippen molar-refractivity contribution in [2.24, 2.45) is 0 Å². The molecule has 0 aliphatic rings. The Morgan fingerprint density at radius 3 is 2.27 bits per heavy atom. The number of aliphatic hydroxyl groups is 1. The van der Waals surface area contributed by atoms with E-state index in [1.807, 2.05) is 91.8 Å². The molecule has 41 heavy (non-hydrogen) atoms. The highest BCUT2D eigenvalue weighted by Gasteiger charge is 2.43. The van der Waals surface area contributed by atoms with Crippen LogP contribution in [0.3, 0.4) is 0 Å². The van der Waals surface area contributed by atoms with Crippen molar-refractivity contribution in [3.8, 4) is 11.6 Å². The third-order valence-electron chi connectivity index (χ3n) is 7.32. The zero-order valence-electron chi connectivity index (χ0n) is 23.0. The van der Waals surface area contributed by atoms with Gasteiger partial charge in [-0.05, 0) is 66.7 Å². The molecule has 1 N–H and O–H groups in total. The summed E-state index contributed by atoms with van der Waals surface area (Å²) in [5.41, 5.74) is 1.07. The topological polar surface area (TPSA) is 54.8 Å². The Labute approximate surface area is 236 Å². The van der Waals surface area contributed by atoms with Crippen molar-refractivity contribution in [3.05, 3.63) is 114 Å². The molecule has 0 amide bonds. The molecule has 0 aliphatic carbocycles. The van der Waals surface area contributed by atoms with E-state index in [4.69, 9.17) is 4.74 Å². The molecule has 4 aromatic carbocycles. The summed E-state index contributed by atoms with van der Waals surface area (Å²) in [5.74, 6) is -0.760. The van der Waals surface area contributed by atoms with Gasteiger partial charge < -0.3 is 19.5 Å². The maximum absolute atomic E-state index is 13.0. The van der Waals surface area contributed by atoms with Gasteiger partial charge in [0.05, 0.1) is 12.6 Å². The highest BCUT2D eigenvalue weighted by molar-refractivity contribution is 5.87. The quantitative estimate of drug-likeness (QED) is 0.206. The van der Waals surface area contributed by atoms with Gasteiger partial charge in [0, 0.05) is 23.4 Å². The monoisotopic (exact) mass is 560 g/mol. The summed E-state index contributed by atoms with van der Waals surface area (Å²) in [6.45, 7) is 0.565. The Morgan fingerprint density at radius 1 is 0.854 bits per heavy atom. The second-order valence-electron chi connectivity index (χ2n) is 10.3. The SMILES string of the molecule is COc1nc2ccc(OC(F)(F)F)cc2cc1C(c1ccccc1)C(O)(CCN(C)C)c1cccc2ccccc12. The number of ether oxygens (including phenoxy) is 2. The lowest BCUT2D eigenvalue weighted by atomic mass is 9.70.